The van der Waals surface area contributed by atoms with Crippen LogP contribution in [0.25, 0.3) is 0 Å². The molecule has 0 spiro atoms. The highest BCUT2D eigenvalue weighted by atomic mass is 32.2. The number of thioether (sulfide) groups is 1. The molecule has 0 aromatic carbocycles. The van der Waals surface area contributed by atoms with Crippen molar-refractivity contribution in [3.05, 3.63) is 6.07 Å². The Balaban J connectivity index is 2.90. The normalized spacial score (nSPS) is 12.0. The quantitative estimate of drug-likeness (QED) is 0.577. The number of aromatic nitrogens is 2. The molecular formula is C10H14N2O3S. The summed E-state index contributed by atoms with van der Waals surface area (Å²) in [5.74, 6) is 0.922. The zero-order valence-electron chi connectivity index (χ0n) is 9.68. The molecule has 0 amide bonds. The largest absolute Gasteiger partial charge is 0.481 e. The van der Waals surface area contributed by atoms with Crippen LogP contribution in [0.15, 0.2) is 11.2 Å². The van der Waals surface area contributed by atoms with Crippen LogP contribution in [0.2, 0.25) is 0 Å². The molecule has 0 fully saturated rings. The maximum atomic E-state index is 11.1. The molecule has 0 saturated heterocycles. The summed E-state index contributed by atoms with van der Waals surface area (Å²) in [4.78, 5) is 19.4. The van der Waals surface area contributed by atoms with Crippen LogP contribution >= 0.6 is 11.8 Å². The fourth-order valence-electron chi connectivity index (χ4n) is 0.887. The van der Waals surface area contributed by atoms with Gasteiger partial charge in [0.1, 0.15) is 5.78 Å². The van der Waals surface area contributed by atoms with Crippen LogP contribution in [-0.2, 0) is 4.79 Å². The van der Waals surface area contributed by atoms with Crippen LogP contribution in [0.4, 0.5) is 0 Å². The summed E-state index contributed by atoms with van der Waals surface area (Å²) in [6.45, 7) is 3.34. The van der Waals surface area contributed by atoms with Gasteiger partial charge in [-0.1, -0.05) is 11.8 Å². The Kier molecular flexibility index (Phi) is 4.54. The van der Waals surface area contributed by atoms with Crippen molar-refractivity contribution in [2.75, 3.05) is 14.2 Å². The molecule has 5 nitrogen and oxygen atoms in total. The van der Waals surface area contributed by atoms with Crippen molar-refractivity contribution in [1.29, 1.82) is 0 Å². The molecular weight excluding hydrogens is 228 g/mol. The van der Waals surface area contributed by atoms with Crippen molar-refractivity contribution in [3.8, 4) is 11.8 Å². The van der Waals surface area contributed by atoms with Gasteiger partial charge in [-0.15, -0.1) is 0 Å². The van der Waals surface area contributed by atoms with Gasteiger partial charge in [-0.05, 0) is 13.8 Å². The number of ketones is 1. The van der Waals surface area contributed by atoms with Crippen molar-refractivity contribution >= 4 is 17.5 Å². The fourth-order valence-corrected chi connectivity index (χ4v) is 1.65. The maximum Gasteiger partial charge on any atom is 0.220 e. The number of ether oxygens (including phenoxy) is 2. The van der Waals surface area contributed by atoms with Gasteiger partial charge in [0.25, 0.3) is 0 Å². The van der Waals surface area contributed by atoms with Crippen LogP contribution < -0.4 is 9.47 Å². The van der Waals surface area contributed by atoms with E-state index < -0.39 is 0 Å². The monoisotopic (exact) mass is 242 g/mol. The van der Waals surface area contributed by atoms with Gasteiger partial charge in [-0.3, -0.25) is 4.79 Å². The predicted molar refractivity (Wildman–Crippen MR) is 61.1 cm³/mol. The van der Waals surface area contributed by atoms with E-state index in [0.29, 0.717) is 16.9 Å². The molecule has 0 saturated carbocycles. The van der Waals surface area contributed by atoms with Crippen molar-refractivity contribution in [1.82, 2.24) is 9.97 Å². The van der Waals surface area contributed by atoms with Gasteiger partial charge in [0.05, 0.1) is 25.5 Å². The van der Waals surface area contributed by atoms with E-state index in [2.05, 4.69) is 9.97 Å². The molecule has 1 aromatic rings. The molecule has 0 N–H and O–H groups in total. The first kappa shape index (κ1) is 12.8. The molecule has 0 bridgehead atoms. The molecule has 0 aliphatic rings. The number of hydrogen-bond donors (Lipinski definition) is 0. The molecule has 1 aromatic heterocycles. The van der Waals surface area contributed by atoms with Crippen molar-refractivity contribution in [2.24, 2.45) is 0 Å². The molecule has 1 rings (SSSR count). The molecule has 16 heavy (non-hydrogen) atoms. The molecule has 6 heteroatoms. The van der Waals surface area contributed by atoms with E-state index >= 15 is 0 Å². The van der Waals surface area contributed by atoms with Crippen molar-refractivity contribution in [3.63, 3.8) is 0 Å². The second-order valence-electron chi connectivity index (χ2n) is 3.11. The summed E-state index contributed by atoms with van der Waals surface area (Å²) in [5, 5.41) is 0.288. The summed E-state index contributed by atoms with van der Waals surface area (Å²) >= 11 is 1.28. The number of methoxy groups -OCH3 is 2. The number of Topliss-reactive ketones (excluding diaryl/α,β-unsaturated/α-hetero) is 1. The molecule has 88 valence electrons. The first-order valence-corrected chi connectivity index (χ1v) is 5.59. The third-order valence-electron chi connectivity index (χ3n) is 1.93. The lowest BCUT2D eigenvalue weighted by molar-refractivity contribution is -0.116. The van der Waals surface area contributed by atoms with E-state index in [1.54, 1.807) is 6.07 Å². The summed E-state index contributed by atoms with van der Waals surface area (Å²) in [7, 11) is 3.04. The minimum absolute atomic E-state index is 0.0791. The van der Waals surface area contributed by atoms with E-state index in [0.717, 1.165) is 0 Å². The van der Waals surface area contributed by atoms with Gasteiger partial charge in [0.15, 0.2) is 5.16 Å². The number of hydrogen-bond acceptors (Lipinski definition) is 6. The molecule has 1 atom stereocenters. The summed E-state index contributed by atoms with van der Waals surface area (Å²) < 4.78 is 10.0. The Bertz CT molecular complexity index is 362. The van der Waals surface area contributed by atoms with Crippen molar-refractivity contribution in [2.45, 2.75) is 24.3 Å². The van der Waals surface area contributed by atoms with Crippen LogP contribution in [0.3, 0.4) is 0 Å². The van der Waals surface area contributed by atoms with Crippen LogP contribution in [-0.4, -0.2) is 35.2 Å². The third kappa shape index (κ3) is 3.37. The van der Waals surface area contributed by atoms with E-state index in [1.807, 2.05) is 6.92 Å². The highest BCUT2D eigenvalue weighted by Gasteiger charge is 2.13. The summed E-state index contributed by atoms with van der Waals surface area (Å²) in [5.41, 5.74) is 0. The van der Waals surface area contributed by atoms with E-state index in [4.69, 9.17) is 9.47 Å². The van der Waals surface area contributed by atoms with Crippen LogP contribution in [0.1, 0.15) is 13.8 Å². The van der Waals surface area contributed by atoms with Gasteiger partial charge in [0.2, 0.25) is 11.8 Å². The topological polar surface area (TPSA) is 61.3 Å². The van der Waals surface area contributed by atoms with E-state index in [9.17, 15) is 4.79 Å². The molecule has 1 unspecified atom stereocenters. The Morgan fingerprint density at radius 1 is 1.31 bits per heavy atom. The lowest BCUT2D eigenvalue weighted by Crippen LogP contribution is -2.09. The Morgan fingerprint density at radius 3 is 2.19 bits per heavy atom. The molecule has 0 aliphatic heterocycles. The zero-order chi connectivity index (χ0) is 12.1. The van der Waals surface area contributed by atoms with Gasteiger partial charge in [0, 0.05) is 0 Å². The van der Waals surface area contributed by atoms with E-state index in [1.165, 1.54) is 32.9 Å². The van der Waals surface area contributed by atoms with Gasteiger partial charge in [-0.25, -0.2) is 0 Å². The van der Waals surface area contributed by atoms with Gasteiger partial charge in [-0.2, -0.15) is 9.97 Å². The number of nitrogens with zero attached hydrogens (tertiary/aromatic N) is 2. The first-order valence-electron chi connectivity index (χ1n) is 4.71. The average molecular weight is 242 g/mol. The number of carbonyl (C=O) groups is 1. The smallest absolute Gasteiger partial charge is 0.220 e. The Hall–Kier alpha value is -1.30. The minimum Gasteiger partial charge on any atom is -0.481 e. The second-order valence-corrected chi connectivity index (χ2v) is 4.41. The van der Waals surface area contributed by atoms with E-state index in [-0.39, 0.29) is 11.0 Å². The van der Waals surface area contributed by atoms with Crippen LogP contribution in [0.5, 0.6) is 11.8 Å². The van der Waals surface area contributed by atoms with Gasteiger partial charge < -0.3 is 9.47 Å². The predicted octanol–water partition coefficient (Wildman–Crippen LogP) is 1.56. The summed E-state index contributed by atoms with van der Waals surface area (Å²) in [6, 6.07) is 1.59. The zero-order valence-corrected chi connectivity index (χ0v) is 10.5. The number of carbonyl (C=O) groups excluding carboxylic acids is 1. The Labute approximate surface area is 98.6 Å². The number of rotatable bonds is 5. The lowest BCUT2D eigenvalue weighted by Gasteiger charge is -2.08. The van der Waals surface area contributed by atoms with Gasteiger partial charge >= 0.3 is 0 Å². The summed E-state index contributed by atoms with van der Waals surface area (Å²) in [6.07, 6.45) is 0. The second kappa shape index (κ2) is 5.69. The first-order chi connectivity index (χ1) is 7.56. The standard InChI is InChI=1S/C10H14N2O3S/c1-6(13)7(2)16-10-11-8(14-3)5-9(12-10)15-4/h5,7H,1-4H3. The third-order valence-corrected chi connectivity index (χ3v) is 3.01. The Morgan fingerprint density at radius 2 is 1.81 bits per heavy atom. The highest BCUT2D eigenvalue weighted by Crippen LogP contribution is 2.25. The van der Waals surface area contributed by atoms with Crippen LogP contribution in [0, 0.1) is 0 Å². The fraction of sp³-hybridized carbons (Fsp3) is 0.500. The minimum atomic E-state index is -0.184. The average Bonchev–Trinajstić information content (AvgIpc) is 2.28. The maximum absolute atomic E-state index is 11.1. The highest BCUT2D eigenvalue weighted by molar-refractivity contribution is 8.00. The van der Waals surface area contributed by atoms with Crippen molar-refractivity contribution < 1.29 is 14.3 Å². The molecule has 0 radical (unpaired) electrons. The lowest BCUT2D eigenvalue weighted by atomic mass is 10.3. The SMILES string of the molecule is COc1cc(OC)nc(SC(C)C(C)=O)n1. The molecule has 0 aliphatic carbocycles. The molecule has 1 heterocycles.